The predicted molar refractivity (Wildman–Crippen MR) is 122 cm³/mol. The smallest absolute Gasteiger partial charge is 0.229 e. The summed E-state index contributed by atoms with van der Waals surface area (Å²) in [6, 6.07) is 10.9. The normalized spacial score (nSPS) is 14.3. The maximum atomic E-state index is 13.5. The Balaban J connectivity index is 1.56. The van der Waals surface area contributed by atoms with Crippen LogP contribution >= 0.6 is 0 Å². The molecular formula is C26H27F2N3O2. The standard InChI is InChI=1S/C26H27F2N3O2/c27-21-11-8-19(12-22(21)28)14-25(33)31-26-23(13-17-4-2-1-3-5-17)30-24(15-29-26)20-9-6-18(16-32)7-10-20/h6-12,15,17,32H,1-5,13-14,16H2,(H,29,31,33). The molecule has 4 rings (SSSR count). The number of carbonyl (C=O) groups is 1. The first kappa shape index (κ1) is 23.0. The third kappa shape index (κ3) is 5.99. The van der Waals surface area contributed by atoms with Gasteiger partial charge in [-0.1, -0.05) is 62.4 Å². The van der Waals surface area contributed by atoms with E-state index < -0.39 is 11.6 Å². The fourth-order valence-electron chi connectivity index (χ4n) is 4.27. The maximum Gasteiger partial charge on any atom is 0.229 e. The summed E-state index contributed by atoms with van der Waals surface area (Å²) < 4.78 is 26.7. The molecule has 7 heteroatoms. The van der Waals surface area contributed by atoms with Crippen LogP contribution in [-0.4, -0.2) is 21.0 Å². The van der Waals surface area contributed by atoms with E-state index in [9.17, 15) is 18.7 Å². The van der Waals surface area contributed by atoms with Gasteiger partial charge in [-0.05, 0) is 35.6 Å². The molecule has 0 saturated heterocycles. The molecule has 0 unspecified atom stereocenters. The van der Waals surface area contributed by atoms with Crippen molar-refractivity contribution in [3.05, 3.63) is 77.1 Å². The average Bonchev–Trinajstić information content (AvgIpc) is 2.83. The molecule has 0 aliphatic heterocycles. The largest absolute Gasteiger partial charge is 0.392 e. The molecule has 1 amide bonds. The number of nitrogens with zero attached hydrogens (tertiary/aromatic N) is 2. The highest BCUT2D eigenvalue weighted by molar-refractivity contribution is 5.92. The molecule has 1 aromatic heterocycles. The first-order valence-corrected chi connectivity index (χ1v) is 11.3. The molecule has 1 heterocycles. The number of benzene rings is 2. The summed E-state index contributed by atoms with van der Waals surface area (Å²) in [6.07, 6.45) is 8.13. The van der Waals surface area contributed by atoms with Gasteiger partial charge in [0.25, 0.3) is 0 Å². The highest BCUT2D eigenvalue weighted by Gasteiger charge is 2.19. The van der Waals surface area contributed by atoms with Crippen LogP contribution in [0.5, 0.6) is 0 Å². The van der Waals surface area contributed by atoms with Crippen molar-refractivity contribution in [2.24, 2.45) is 5.92 Å². The molecule has 0 spiro atoms. The van der Waals surface area contributed by atoms with Crippen molar-refractivity contribution in [2.75, 3.05) is 5.32 Å². The number of aliphatic hydroxyl groups excluding tert-OH is 1. The molecule has 2 N–H and O–H groups in total. The molecule has 172 valence electrons. The minimum absolute atomic E-state index is 0.0260. The van der Waals surface area contributed by atoms with Crippen LogP contribution in [-0.2, 0) is 24.2 Å². The lowest BCUT2D eigenvalue weighted by molar-refractivity contribution is -0.115. The van der Waals surface area contributed by atoms with Gasteiger partial charge in [0, 0.05) is 5.56 Å². The van der Waals surface area contributed by atoms with Crippen molar-refractivity contribution in [1.82, 2.24) is 9.97 Å². The first-order valence-electron chi connectivity index (χ1n) is 11.3. The minimum Gasteiger partial charge on any atom is -0.392 e. The van der Waals surface area contributed by atoms with Crippen LogP contribution in [0.4, 0.5) is 14.6 Å². The van der Waals surface area contributed by atoms with Crippen molar-refractivity contribution < 1.29 is 18.7 Å². The van der Waals surface area contributed by atoms with E-state index in [1.165, 1.54) is 25.3 Å². The van der Waals surface area contributed by atoms with Crippen molar-refractivity contribution >= 4 is 11.7 Å². The zero-order valence-electron chi connectivity index (χ0n) is 18.4. The number of amides is 1. The molecule has 33 heavy (non-hydrogen) atoms. The van der Waals surface area contributed by atoms with Gasteiger partial charge in [0.1, 0.15) is 0 Å². The molecule has 1 saturated carbocycles. The van der Waals surface area contributed by atoms with Gasteiger partial charge in [-0.2, -0.15) is 0 Å². The van der Waals surface area contributed by atoms with Crippen molar-refractivity contribution in [3.63, 3.8) is 0 Å². The molecule has 0 radical (unpaired) electrons. The molecule has 5 nitrogen and oxygen atoms in total. The van der Waals surface area contributed by atoms with Crippen LogP contribution in [0.25, 0.3) is 11.3 Å². The molecule has 0 atom stereocenters. The van der Waals surface area contributed by atoms with Gasteiger partial charge in [0.2, 0.25) is 5.91 Å². The molecular weight excluding hydrogens is 424 g/mol. The summed E-state index contributed by atoms with van der Waals surface area (Å²) in [5.41, 5.74) is 3.50. The molecule has 1 aliphatic carbocycles. The van der Waals surface area contributed by atoms with Gasteiger partial charge >= 0.3 is 0 Å². The van der Waals surface area contributed by atoms with Gasteiger partial charge in [0.05, 0.1) is 30.6 Å². The highest BCUT2D eigenvalue weighted by atomic mass is 19.2. The summed E-state index contributed by atoms with van der Waals surface area (Å²) in [5, 5.41) is 12.1. The number of nitrogens with one attached hydrogen (secondary N) is 1. The molecule has 1 aliphatic rings. The van der Waals surface area contributed by atoms with Crippen LogP contribution in [0.15, 0.2) is 48.7 Å². The number of aliphatic hydroxyl groups is 1. The van der Waals surface area contributed by atoms with Gasteiger partial charge in [0.15, 0.2) is 17.5 Å². The second-order valence-corrected chi connectivity index (χ2v) is 8.59. The average molecular weight is 452 g/mol. The van der Waals surface area contributed by atoms with Crippen LogP contribution < -0.4 is 5.32 Å². The number of carbonyl (C=O) groups excluding carboxylic acids is 1. The Morgan fingerprint density at radius 2 is 1.73 bits per heavy atom. The summed E-state index contributed by atoms with van der Waals surface area (Å²) in [4.78, 5) is 22.0. The Kier molecular flexibility index (Phi) is 7.40. The summed E-state index contributed by atoms with van der Waals surface area (Å²) in [6.45, 7) is -0.0260. The molecule has 3 aromatic rings. The first-order chi connectivity index (χ1) is 16.0. The summed E-state index contributed by atoms with van der Waals surface area (Å²) in [7, 11) is 0. The predicted octanol–water partition coefficient (Wildman–Crippen LogP) is 5.22. The number of anilines is 1. The van der Waals surface area contributed by atoms with E-state index in [1.807, 2.05) is 24.3 Å². The van der Waals surface area contributed by atoms with Gasteiger partial charge in [-0.25, -0.2) is 18.7 Å². The number of hydrogen-bond donors (Lipinski definition) is 2. The summed E-state index contributed by atoms with van der Waals surface area (Å²) >= 11 is 0. The van der Waals surface area contributed by atoms with E-state index in [1.54, 1.807) is 6.20 Å². The van der Waals surface area contributed by atoms with Crippen LogP contribution in [0.3, 0.4) is 0 Å². The second kappa shape index (κ2) is 10.6. The SMILES string of the molecule is O=C(Cc1ccc(F)c(F)c1)Nc1ncc(-c2ccc(CO)cc2)nc1CC1CCCCC1. The minimum atomic E-state index is -0.977. The van der Waals surface area contributed by atoms with Crippen molar-refractivity contribution in [1.29, 1.82) is 0 Å². The Bertz CT molecular complexity index is 1110. The zero-order valence-corrected chi connectivity index (χ0v) is 18.4. The quantitative estimate of drug-likeness (QED) is 0.517. The Morgan fingerprint density at radius 3 is 2.42 bits per heavy atom. The lowest BCUT2D eigenvalue weighted by Crippen LogP contribution is -2.19. The topological polar surface area (TPSA) is 75.1 Å². The monoisotopic (exact) mass is 451 g/mol. The zero-order chi connectivity index (χ0) is 23.2. The van der Waals surface area contributed by atoms with E-state index in [-0.39, 0.29) is 18.9 Å². The van der Waals surface area contributed by atoms with Crippen LogP contribution in [0, 0.1) is 17.6 Å². The third-order valence-electron chi connectivity index (χ3n) is 6.09. The fourth-order valence-corrected chi connectivity index (χ4v) is 4.27. The van der Waals surface area contributed by atoms with E-state index in [4.69, 9.17) is 4.98 Å². The maximum absolute atomic E-state index is 13.5. The van der Waals surface area contributed by atoms with E-state index >= 15 is 0 Å². The number of aromatic nitrogens is 2. The lowest BCUT2D eigenvalue weighted by Gasteiger charge is -2.22. The van der Waals surface area contributed by atoms with E-state index in [0.717, 1.165) is 48.2 Å². The Labute approximate surface area is 191 Å². The number of hydrogen-bond acceptors (Lipinski definition) is 4. The number of rotatable bonds is 7. The van der Waals surface area contributed by atoms with Gasteiger partial charge in [-0.3, -0.25) is 4.79 Å². The van der Waals surface area contributed by atoms with E-state index in [0.29, 0.717) is 23.0 Å². The molecule has 1 fully saturated rings. The van der Waals surface area contributed by atoms with Crippen molar-refractivity contribution in [3.8, 4) is 11.3 Å². The fraction of sp³-hybridized carbons (Fsp3) is 0.346. The van der Waals surface area contributed by atoms with Gasteiger partial charge < -0.3 is 10.4 Å². The van der Waals surface area contributed by atoms with Crippen molar-refractivity contribution in [2.45, 2.75) is 51.6 Å². The van der Waals surface area contributed by atoms with Crippen LogP contribution in [0.2, 0.25) is 0 Å². The summed E-state index contributed by atoms with van der Waals surface area (Å²) in [5.74, 6) is -1.39. The molecule has 2 aromatic carbocycles. The van der Waals surface area contributed by atoms with E-state index in [2.05, 4.69) is 10.3 Å². The Morgan fingerprint density at radius 1 is 1.00 bits per heavy atom. The molecule has 0 bridgehead atoms. The third-order valence-corrected chi connectivity index (χ3v) is 6.09. The Hall–Kier alpha value is -3.19. The second-order valence-electron chi connectivity index (χ2n) is 8.59. The van der Waals surface area contributed by atoms with Crippen LogP contribution in [0.1, 0.15) is 48.9 Å². The number of halogens is 2. The lowest BCUT2D eigenvalue weighted by atomic mass is 9.86. The van der Waals surface area contributed by atoms with Gasteiger partial charge in [-0.15, -0.1) is 0 Å². The highest BCUT2D eigenvalue weighted by Crippen LogP contribution is 2.29.